The predicted octanol–water partition coefficient (Wildman–Crippen LogP) is 3.79. The summed E-state index contributed by atoms with van der Waals surface area (Å²) in [6.45, 7) is 0. The number of nitrogens with one attached hydrogen (secondary N) is 1. The minimum absolute atomic E-state index is 0.0731. The van der Waals surface area contributed by atoms with Crippen molar-refractivity contribution < 1.29 is 5.11 Å². The van der Waals surface area contributed by atoms with Crippen LogP contribution in [-0.2, 0) is 0 Å². The average molecular weight is 389 g/mol. The molecule has 0 unspecified atom stereocenters. The van der Waals surface area contributed by atoms with Gasteiger partial charge in [0, 0.05) is 21.6 Å². The zero-order chi connectivity index (χ0) is 11.3. The molecule has 1 aromatic carbocycles. The zero-order valence-electron chi connectivity index (χ0n) is 7.96. The van der Waals surface area contributed by atoms with E-state index in [0.717, 1.165) is 29.8 Å². The fraction of sp³-hybridized carbons (Fsp3) is 0. The highest BCUT2D eigenvalue weighted by molar-refractivity contribution is 14.1. The molecule has 3 rings (SSSR count). The van der Waals surface area contributed by atoms with Gasteiger partial charge in [-0.05, 0) is 34.7 Å². The molecular formula is C11H6BrIN2O. The highest BCUT2D eigenvalue weighted by Crippen LogP contribution is 2.34. The van der Waals surface area contributed by atoms with E-state index in [4.69, 9.17) is 0 Å². The Kier molecular flexibility index (Phi) is 2.32. The van der Waals surface area contributed by atoms with Crippen LogP contribution in [-0.4, -0.2) is 15.1 Å². The largest absolute Gasteiger partial charge is 0.493 e. The molecule has 0 amide bonds. The Morgan fingerprint density at radius 1 is 1.38 bits per heavy atom. The first-order valence-corrected chi connectivity index (χ1v) is 6.48. The second-order valence-electron chi connectivity index (χ2n) is 3.49. The lowest BCUT2D eigenvalue weighted by atomic mass is 10.2. The van der Waals surface area contributed by atoms with Crippen molar-refractivity contribution in [1.82, 2.24) is 9.97 Å². The fourth-order valence-corrected chi connectivity index (χ4v) is 2.73. The summed E-state index contributed by atoms with van der Waals surface area (Å²) >= 11 is 5.63. The molecule has 0 spiro atoms. The Morgan fingerprint density at radius 2 is 2.19 bits per heavy atom. The molecule has 2 N–H and O–H groups in total. The number of H-pyrrole nitrogens is 1. The van der Waals surface area contributed by atoms with Gasteiger partial charge in [-0.2, -0.15) is 0 Å². The zero-order valence-corrected chi connectivity index (χ0v) is 11.7. The minimum atomic E-state index is 0.0731. The van der Waals surface area contributed by atoms with Crippen LogP contribution >= 0.6 is 38.5 Å². The van der Waals surface area contributed by atoms with Crippen LogP contribution in [0.1, 0.15) is 0 Å². The molecule has 3 aromatic rings. The minimum Gasteiger partial charge on any atom is -0.493 e. The van der Waals surface area contributed by atoms with Crippen molar-refractivity contribution in [3.63, 3.8) is 0 Å². The quantitative estimate of drug-likeness (QED) is 0.575. The molecule has 0 aliphatic carbocycles. The molecule has 0 saturated carbocycles. The molecule has 0 bridgehead atoms. The number of aromatic amines is 1. The number of hydrogen-bond donors (Lipinski definition) is 2. The summed E-state index contributed by atoms with van der Waals surface area (Å²) in [5.41, 5.74) is 1.92. The van der Waals surface area contributed by atoms with Gasteiger partial charge in [0.25, 0.3) is 0 Å². The predicted molar refractivity (Wildman–Crippen MR) is 75.7 cm³/mol. The van der Waals surface area contributed by atoms with Crippen molar-refractivity contribution in [1.29, 1.82) is 0 Å². The van der Waals surface area contributed by atoms with Crippen molar-refractivity contribution in [2.75, 3.05) is 0 Å². The van der Waals surface area contributed by atoms with Gasteiger partial charge in [0.1, 0.15) is 0 Å². The molecule has 0 atom stereocenters. The fourth-order valence-electron chi connectivity index (χ4n) is 1.83. The Balaban J connectivity index is 2.60. The lowest BCUT2D eigenvalue weighted by molar-refractivity contribution is 0.460. The van der Waals surface area contributed by atoms with Gasteiger partial charge in [0.05, 0.1) is 14.5 Å². The van der Waals surface area contributed by atoms with Crippen molar-refractivity contribution >= 4 is 60.3 Å². The van der Waals surface area contributed by atoms with Crippen LogP contribution in [0, 0.1) is 3.57 Å². The number of halogens is 2. The lowest BCUT2D eigenvalue weighted by Crippen LogP contribution is -1.80. The topological polar surface area (TPSA) is 48.9 Å². The van der Waals surface area contributed by atoms with Crippen LogP contribution in [0.25, 0.3) is 21.8 Å². The van der Waals surface area contributed by atoms with Crippen molar-refractivity contribution in [3.05, 3.63) is 32.4 Å². The van der Waals surface area contributed by atoms with Gasteiger partial charge in [0.2, 0.25) is 5.88 Å². The molecule has 0 fully saturated rings. The normalized spacial score (nSPS) is 11.4. The summed E-state index contributed by atoms with van der Waals surface area (Å²) in [5.74, 6) is 0.0731. The van der Waals surface area contributed by atoms with Crippen LogP contribution in [0.5, 0.6) is 5.88 Å². The summed E-state index contributed by atoms with van der Waals surface area (Å²) < 4.78 is 2.01. The van der Waals surface area contributed by atoms with E-state index in [1.54, 1.807) is 6.20 Å². The van der Waals surface area contributed by atoms with Gasteiger partial charge in [-0.3, -0.25) is 0 Å². The lowest BCUT2D eigenvalue weighted by Gasteiger charge is -1.96. The number of pyridine rings is 1. The van der Waals surface area contributed by atoms with Gasteiger partial charge in [-0.25, -0.2) is 4.98 Å². The second kappa shape index (κ2) is 3.59. The monoisotopic (exact) mass is 388 g/mol. The molecule has 16 heavy (non-hydrogen) atoms. The van der Waals surface area contributed by atoms with Gasteiger partial charge >= 0.3 is 0 Å². The third kappa shape index (κ3) is 1.41. The Morgan fingerprint density at radius 3 is 3.00 bits per heavy atom. The van der Waals surface area contributed by atoms with Crippen molar-refractivity contribution in [2.45, 2.75) is 0 Å². The van der Waals surface area contributed by atoms with E-state index in [0.29, 0.717) is 0 Å². The van der Waals surface area contributed by atoms with E-state index in [9.17, 15) is 5.11 Å². The molecule has 5 heteroatoms. The number of rotatable bonds is 0. The Bertz CT molecular complexity index is 708. The van der Waals surface area contributed by atoms with Crippen LogP contribution in [0.4, 0.5) is 0 Å². The number of hydrogen-bond acceptors (Lipinski definition) is 2. The van der Waals surface area contributed by atoms with Crippen molar-refractivity contribution in [2.24, 2.45) is 0 Å². The summed E-state index contributed by atoms with van der Waals surface area (Å²) in [5, 5.41) is 11.6. The second-order valence-corrected chi connectivity index (χ2v) is 5.57. The van der Waals surface area contributed by atoms with Crippen LogP contribution in [0.3, 0.4) is 0 Å². The van der Waals surface area contributed by atoms with E-state index in [1.807, 2.05) is 18.2 Å². The first kappa shape index (κ1) is 10.3. The van der Waals surface area contributed by atoms with Crippen molar-refractivity contribution in [3.8, 4) is 5.88 Å². The maximum atomic E-state index is 9.81. The molecule has 80 valence electrons. The first-order valence-electron chi connectivity index (χ1n) is 4.61. The number of nitrogens with zero attached hydrogens (tertiary/aromatic N) is 1. The molecule has 0 radical (unpaired) electrons. The molecule has 2 aromatic heterocycles. The Labute approximate surface area is 113 Å². The van der Waals surface area contributed by atoms with Crippen LogP contribution in [0.15, 0.2) is 28.9 Å². The van der Waals surface area contributed by atoms with E-state index in [-0.39, 0.29) is 5.88 Å². The summed E-state index contributed by atoms with van der Waals surface area (Å²) in [6, 6.07) is 5.91. The summed E-state index contributed by atoms with van der Waals surface area (Å²) in [7, 11) is 0. The first-order chi connectivity index (χ1) is 7.66. The molecule has 3 nitrogen and oxygen atoms in total. The Hall–Kier alpha value is -0.820. The number of benzene rings is 1. The van der Waals surface area contributed by atoms with Crippen LogP contribution < -0.4 is 0 Å². The molecule has 0 aliphatic rings. The SMILES string of the molecule is Oc1ncc(I)c2[nH]c3cc(Br)ccc3c12. The van der Waals surface area contributed by atoms with E-state index >= 15 is 0 Å². The van der Waals surface area contributed by atoms with Crippen LogP contribution in [0.2, 0.25) is 0 Å². The molecule has 0 saturated heterocycles. The standard InChI is InChI=1S/C11H6BrIN2O/c12-5-1-2-6-8(3-5)15-10-7(13)4-14-11(16)9(6)10/h1-4,15H,(H,14,16). The highest BCUT2D eigenvalue weighted by atomic mass is 127. The van der Waals surface area contributed by atoms with Gasteiger partial charge in [-0.1, -0.05) is 22.0 Å². The highest BCUT2D eigenvalue weighted by Gasteiger charge is 2.11. The van der Waals surface area contributed by atoms with E-state index < -0.39 is 0 Å². The molecule has 0 aliphatic heterocycles. The number of fused-ring (bicyclic) bond motifs is 3. The van der Waals surface area contributed by atoms with Gasteiger partial charge < -0.3 is 10.1 Å². The van der Waals surface area contributed by atoms with E-state index in [2.05, 4.69) is 48.5 Å². The third-order valence-corrected chi connectivity index (χ3v) is 3.83. The molecule has 2 heterocycles. The molecular weight excluding hydrogens is 383 g/mol. The number of aromatic nitrogens is 2. The smallest absolute Gasteiger partial charge is 0.221 e. The van der Waals surface area contributed by atoms with Gasteiger partial charge in [0.15, 0.2) is 0 Å². The average Bonchev–Trinajstić information content (AvgIpc) is 2.63. The maximum absolute atomic E-state index is 9.81. The third-order valence-electron chi connectivity index (χ3n) is 2.52. The maximum Gasteiger partial charge on any atom is 0.221 e. The number of aromatic hydroxyl groups is 1. The summed E-state index contributed by atoms with van der Waals surface area (Å²) in [4.78, 5) is 7.26. The van der Waals surface area contributed by atoms with E-state index in [1.165, 1.54) is 0 Å². The van der Waals surface area contributed by atoms with Gasteiger partial charge in [-0.15, -0.1) is 0 Å². The summed E-state index contributed by atoms with van der Waals surface area (Å²) in [6.07, 6.45) is 1.66.